The molecule has 9 nitrogen and oxygen atoms in total. The van der Waals surface area contributed by atoms with Gasteiger partial charge in [-0.1, -0.05) is 6.07 Å². The van der Waals surface area contributed by atoms with Gasteiger partial charge in [-0.25, -0.2) is 0 Å². The van der Waals surface area contributed by atoms with Gasteiger partial charge in [-0.3, -0.25) is 14.5 Å². The maximum atomic E-state index is 13.1. The Morgan fingerprint density at radius 1 is 1.20 bits per heavy atom. The van der Waals surface area contributed by atoms with Crippen molar-refractivity contribution in [3.05, 3.63) is 75.7 Å². The minimum absolute atomic E-state index is 0.0139. The van der Waals surface area contributed by atoms with E-state index < -0.39 is 17.1 Å². The van der Waals surface area contributed by atoms with Gasteiger partial charge in [0.2, 0.25) is 17.1 Å². The number of hydrogen-bond acceptors (Lipinski definition) is 8. The molecule has 2 atom stereocenters. The lowest BCUT2D eigenvalue weighted by atomic mass is 9.91. The molecule has 0 spiro atoms. The molecule has 35 heavy (non-hydrogen) atoms. The Morgan fingerprint density at radius 2 is 1.97 bits per heavy atom. The zero-order valence-electron chi connectivity index (χ0n) is 19.8. The number of aromatic hydroxyl groups is 2. The Bertz CT molecular complexity index is 1210. The van der Waals surface area contributed by atoms with Gasteiger partial charge < -0.3 is 29.1 Å². The van der Waals surface area contributed by atoms with Gasteiger partial charge in [-0.2, -0.15) is 0 Å². The van der Waals surface area contributed by atoms with E-state index in [9.17, 15) is 19.8 Å². The SMILES string of the molecule is COc1cc([C@H](CC(=O)NC[C@H](c2ccco2)N2CCCC2)c2oc(C)cc(=O)c2O)ccc1O. The molecule has 0 saturated carbocycles. The molecule has 2 aromatic heterocycles. The minimum atomic E-state index is -0.786. The summed E-state index contributed by atoms with van der Waals surface area (Å²) in [5.74, 6) is -0.408. The number of phenolic OH excluding ortho intramolecular Hbond substituents is 1. The van der Waals surface area contributed by atoms with Crippen molar-refractivity contribution in [1.29, 1.82) is 0 Å². The van der Waals surface area contributed by atoms with Crippen LogP contribution in [-0.4, -0.2) is 47.8 Å². The lowest BCUT2D eigenvalue weighted by Crippen LogP contribution is -2.37. The summed E-state index contributed by atoms with van der Waals surface area (Å²) in [4.78, 5) is 27.7. The van der Waals surface area contributed by atoms with Gasteiger partial charge in [0.25, 0.3) is 0 Å². The van der Waals surface area contributed by atoms with Crippen molar-refractivity contribution >= 4 is 5.91 Å². The Hall–Kier alpha value is -3.72. The summed E-state index contributed by atoms with van der Waals surface area (Å²) in [6, 6.07) is 9.44. The van der Waals surface area contributed by atoms with Gasteiger partial charge in [-0.05, 0) is 62.7 Å². The van der Waals surface area contributed by atoms with Crippen LogP contribution in [0.1, 0.15) is 54.1 Å². The van der Waals surface area contributed by atoms with Crippen molar-refractivity contribution in [3.8, 4) is 17.2 Å². The summed E-state index contributed by atoms with van der Waals surface area (Å²) < 4.78 is 16.6. The molecule has 1 aromatic carbocycles. The van der Waals surface area contributed by atoms with Gasteiger partial charge in [0, 0.05) is 19.0 Å². The van der Waals surface area contributed by atoms with Crippen LogP contribution in [0.2, 0.25) is 0 Å². The van der Waals surface area contributed by atoms with E-state index >= 15 is 0 Å². The van der Waals surface area contributed by atoms with Crippen molar-refractivity contribution in [3.63, 3.8) is 0 Å². The van der Waals surface area contributed by atoms with Crippen LogP contribution in [0.3, 0.4) is 0 Å². The zero-order valence-corrected chi connectivity index (χ0v) is 19.8. The van der Waals surface area contributed by atoms with E-state index in [1.807, 2.05) is 12.1 Å². The highest BCUT2D eigenvalue weighted by Crippen LogP contribution is 2.37. The monoisotopic (exact) mass is 482 g/mol. The molecule has 0 radical (unpaired) electrons. The Morgan fingerprint density at radius 3 is 2.66 bits per heavy atom. The predicted molar refractivity (Wildman–Crippen MR) is 128 cm³/mol. The van der Waals surface area contributed by atoms with Crippen LogP contribution in [0, 0.1) is 6.92 Å². The predicted octanol–water partition coefficient (Wildman–Crippen LogP) is 3.44. The van der Waals surface area contributed by atoms with E-state index in [1.165, 1.54) is 19.2 Å². The van der Waals surface area contributed by atoms with Crippen molar-refractivity contribution < 1.29 is 28.6 Å². The minimum Gasteiger partial charge on any atom is -0.504 e. The van der Waals surface area contributed by atoms with E-state index in [0.29, 0.717) is 17.9 Å². The Kier molecular flexibility index (Phi) is 7.45. The molecule has 9 heteroatoms. The summed E-state index contributed by atoms with van der Waals surface area (Å²) in [6.45, 7) is 3.81. The molecule has 3 heterocycles. The van der Waals surface area contributed by atoms with Crippen molar-refractivity contribution in [2.75, 3.05) is 26.7 Å². The average Bonchev–Trinajstić information content (AvgIpc) is 3.56. The number of carbonyl (C=O) groups is 1. The summed E-state index contributed by atoms with van der Waals surface area (Å²) >= 11 is 0. The number of furan rings is 1. The second kappa shape index (κ2) is 10.7. The number of likely N-dealkylation sites (tertiary alicyclic amines) is 1. The number of phenols is 1. The van der Waals surface area contributed by atoms with E-state index in [-0.39, 0.29) is 35.6 Å². The van der Waals surface area contributed by atoms with Gasteiger partial charge >= 0.3 is 0 Å². The summed E-state index contributed by atoms with van der Waals surface area (Å²) in [5, 5.41) is 23.5. The largest absolute Gasteiger partial charge is 0.504 e. The van der Waals surface area contributed by atoms with Crippen LogP contribution in [0.25, 0.3) is 0 Å². The Labute approximate surface area is 202 Å². The summed E-state index contributed by atoms with van der Waals surface area (Å²) in [5.41, 5.74) is -0.0483. The number of ether oxygens (including phenoxy) is 1. The highest BCUT2D eigenvalue weighted by atomic mass is 16.5. The molecule has 1 fully saturated rings. The number of carbonyl (C=O) groups excluding carboxylic acids is 1. The maximum absolute atomic E-state index is 13.1. The van der Waals surface area contributed by atoms with Gasteiger partial charge in [-0.15, -0.1) is 0 Å². The van der Waals surface area contributed by atoms with Crippen LogP contribution < -0.4 is 15.5 Å². The summed E-state index contributed by atoms with van der Waals surface area (Å²) in [7, 11) is 1.41. The molecular weight excluding hydrogens is 452 g/mol. The average molecular weight is 483 g/mol. The maximum Gasteiger partial charge on any atom is 0.227 e. The molecule has 1 saturated heterocycles. The normalized spacial score (nSPS) is 15.6. The third kappa shape index (κ3) is 5.51. The molecule has 1 aliphatic rings. The lowest BCUT2D eigenvalue weighted by molar-refractivity contribution is -0.121. The lowest BCUT2D eigenvalue weighted by Gasteiger charge is -2.26. The topological polar surface area (TPSA) is 125 Å². The quantitative estimate of drug-likeness (QED) is 0.424. The standard InChI is InChI=1S/C26H30N2O7/c1-16-12-21(30)25(32)26(35-16)18(17-7-8-20(29)23(13-17)33-2)14-24(31)27-15-19(22-6-5-11-34-22)28-9-3-4-10-28/h5-8,11-13,18-19,29,32H,3-4,9-10,14-15H2,1-2H3,(H,27,31)/t18-,19+/m0/s1. The first-order valence-corrected chi connectivity index (χ1v) is 11.6. The molecule has 1 amide bonds. The van der Waals surface area contributed by atoms with Crippen molar-refractivity contribution in [2.45, 2.75) is 38.1 Å². The van der Waals surface area contributed by atoms with Gasteiger partial charge in [0.1, 0.15) is 11.5 Å². The van der Waals surface area contributed by atoms with Crippen LogP contribution in [0.15, 0.2) is 56.3 Å². The van der Waals surface area contributed by atoms with E-state index in [2.05, 4.69) is 10.2 Å². The molecule has 0 bridgehead atoms. The summed E-state index contributed by atoms with van der Waals surface area (Å²) in [6.07, 6.45) is 3.72. The van der Waals surface area contributed by atoms with Crippen LogP contribution in [0.5, 0.6) is 17.2 Å². The molecule has 3 N–H and O–H groups in total. The molecule has 186 valence electrons. The number of amides is 1. The molecule has 0 unspecified atom stereocenters. The van der Waals surface area contributed by atoms with Crippen LogP contribution >= 0.6 is 0 Å². The number of aryl methyl sites for hydroxylation is 1. The number of rotatable bonds is 9. The van der Waals surface area contributed by atoms with Crippen molar-refractivity contribution in [1.82, 2.24) is 10.2 Å². The van der Waals surface area contributed by atoms with Gasteiger partial charge in [0.15, 0.2) is 17.3 Å². The first-order valence-electron chi connectivity index (χ1n) is 11.6. The van der Waals surface area contributed by atoms with Crippen LogP contribution in [-0.2, 0) is 4.79 Å². The number of benzene rings is 1. The molecular formula is C26H30N2O7. The third-order valence-electron chi connectivity index (χ3n) is 6.33. The second-order valence-corrected chi connectivity index (χ2v) is 8.70. The van der Waals surface area contributed by atoms with E-state index in [1.54, 1.807) is 25.3 Å². The second-order valence-electron chi connectivity index (χ2n) is 8.70. The van der Waals surface area contributed by atoms with E-state index in [0.717, 1.165) is 31.7 Å². The van der Waals surface area contributed by atoms with Crippen LogP contribution in [0.4, 0.5) is 0 Å². The first-order chi connectivity index (χ1) is 16.9. The van der Waals surface area contributed by atoms with Gasteiger partial charge in [0.05, 0.1) is 25.3 Å². The number of methoxy groups -OCH3 is 1. The number of nitrogens with zero attached hydrogens (tertiary/aromatic N) is 1. The highest BCUT2D eigenvalue weighted by molar-refractivity contribution is 5.77. The smallest absolute Gasteiger partial charge is 0.227 e. The zero-order chi connectivity index (χ0) is 24.9. The molecule has 3 aromatic rings. The van der Waals surface area contributed by atoms with E-state index in [4.69, 9.17) is 13.6 Å². The first kappa shape index (κ1) is 24.4. The highest BCUT2D eigenvalue weighted by Gasteiger charge is 2.29. The molecule has 4 rings (SSSR count). The third-order valence-corrected chi connectivity index (χ3v) is 6.33. The Balaban J connectivity index is 1.59. The fourth-order valence-electron chi connectivity index (χ4n) is 4.55. The van der Waals surface area contributed by atoms with Crippen molar-refractivity contribution in [2.24, 2.45) is 0 Å². The fourth-order valence-corrected chi connectivity index (χ4v) is 4.55. The molecule has 1 aliphatic heterocycles. The fraction of sp³-hybridized carbons (Fsp3) is 0.385. The number of nitrogens with one attached hydrogen (secondary N) is 1. The molecule has 0 aliphatic carbocycles. The number of hydrogen-bond donors (Lipinski definition) is 3.